The molecule has 1 rings (SSSR count). The summed E-state index contributed by atoms with van der Waals surface area (Å²) in [6.07, 6.45) is 2.15. The SMILES string of the molecule is C/C(=N\N)C1CCOCC1. The van der Waals surface area contributed by atoms with Gasteiger partial charge in [-0.25, -0.2) is 0 Å². The Labute approximate surface area is 61.2 Å². The number of hydrogen-bond acceptors (Lipinski definition) is 3. The minimum Gasteiger partial charge on any atom is -0.381 e. The summed E-state index contributed by atoms with van der Waals surface area (Å²) in [5, 5.41) is 3.67. The second-order valence-electron chi connectivity index (χ2n) is 2.66. The normalized spacial score (nSPS) is 23.1. The molecule has 0 aromatic carbocycles. The Morgan fingerprint density at radius 3 is 2.60 bits per heavy atom. The monoisotopic (exact) mass is 142 g/mol. The molecule has 0 aliphatic carbocycles. The van der Waals surface area contributed by atoms with Gasteiger partial charge >= 0.3 is 0 Å². The predicted molar refractivity (Wildman–Crippen MR) is 40.8 cm³/mol. The van der Waals surface area contributed by atoms with Crippen LogP contribution in [-0.4, -0.2) is 18.9 Å². The maximum absolute atomic E-state index is 5.20. The molecule has 0 aromatic heterocycles. The number of hydrogen-bond donors (Lipinski definition) is 1. The minimum atomic E-state index is 0.568. The summed E-state index contributed by atoms with van der Waals surface area (Å²) >= 11 is 0. The Hall–Kier alpha value is -0.570. The quantitative estimate of drug-likeness (QED) is 0.333. The van der Waals surface area contributed by atoms with Gasteiger partial charge in [-0.3, -0.25) is 0 Å². The van der Waals surface area contributed by atoms with Crippen LogP contribution in [0.2, 0.25) is 0 Å². The third-order valence-electron chi connectivity index (χ3n) is 2.02. The van der Waals surface area contributed by atoms with E-state index in [0.29, 0.717) is 5.92 Å². The van der Waals surface area contributed by atoms with Gasteiger partial charge in [0.15, 0.2) is 0 Å². The first-order chi connectivity index (χ1) is 4.84. The van der Waals surface area contributed by atoms with Crippen LogP contribution in [0.4, 0.5) is 0 Å². The van der Waals surface area contributed by atoms with E-state index in [-0.39, 0.29) is 0 Å². The molecule has 0 unspecified atom stereocenters. The maximum Gasteiger partial charge on any atom is 0.0472 e. The van der Waals surface area contributed by atoms with Crippen LogP contribution in [0, 0.1) is 5.92 Å². The van der Waals surface area contributed by atoms with Crippen molar-refractivity contribution in [2.24, 2.45) is 16.9 Å². The van der Waals surface area contributed by atoms with E-state index in [0.717, 1.165) is 31.8 Å². The molecule has 0 radical (unpaired) electrons. The Kier molecular flexibility index (Phi) is 2.68. The number of hydrazone groups is 1. The first kappa shape index (κ1) is 7.54. The molecule has 1 saturated heterocycles. The fraction of sp³-hybridized carbons (Fsp3) is 0.857. The highest BCUT2D eigenvalue weighted by Gasteiger charge is 2.15. The van der Waals surface area contributed by atoms with Crippen LogP contribution in [0.5, 0.6) is 0 Å². The lowest BCUT2D eigenvalue weighted by atomic mass is 9.96. The van der Waals surface area contributed by atoms with Crippen molar-refractivity contribution in [3.63, 3.8) is 0 Å². The van der Waals surface area contributed by atoms with Crippen molar-refractivity contribution in [1.29, 1.82) is 0 Å². The lowest BCUT2D eigenvalue weighted by Gasteiger charge is -2.20. The van der Waals surface area contributed by atoms with Crippen molar-refractivity contribution in [3.05, 3.63) is 0 Å². The van der Waals surface area contributed by atoms with Crippen LogP contribution in [0.15, 0.2) is 5.10 Å². The van der Waals surface area contributed by atoms with E-state index in [9.17, 15) is 0 Å². The van der Waals surface area contributed by atoms with Gasteiger partial charge in [-0.05, 0) is 19.8 Å². The summed E-state index contributed by atoms with van der Waals surface area (Å²) in [5.41, 5.74) is 1.06. The van der Waals surface area contributed by atoms with Crippen LogP contribution < -0.4 is 5.84 Å². The number of rotatable bonds is 1. The average Bonchev–Trinajstić information content (AvgIpc) is 2.05. The molecule has 2 N–H and O–H groups in total. The Balaban J connectivity index is 2.39. The van der Waals surface area contributed by atoms with Crippen molar-refractivity contribution in [1.82, 2.24) is 0 Å². The zero-order valence-corrected chi connectivity index (χ0v) is 6.34. The van der Waals surface area contributed by atoms with E-state index in [1.807, 2.05) is 6.92 Å². The van der Waals surface area contributed by atoms with Crippen molar-refractivity contribution < 1.29 is 4.74 Å². The van der Waals surface area contributed by atoms with Gasteiger partial charge in [0.25, 0.3) is 0 Å². The van der Waals surface area contributed by atoms with E-state index in [2.05, 4.69) is 5.10 Å². The lowest BCUT2D eigenvalue weighted by molar-refractivity contribution is 0.0826. The number of nitrogens with two attached hydrogens (primary N) is 1. The fourth-order valence-electron chi connectivity index (χ4n) is 1.22. The summed E-state index contributed by atoms with van der Waals surface area (Å²) in [7, 11) is 0. The highest BCUT2D eigenvalue weighted by atomic mass is 16.5. The largest absolute Gasteiger partial charge is 0.381 e. The molecular formula is C7H14N2O. The molecule has 3 heteroatoms. The molecule has 1 heterocycles. The van der Waals surface area contributed by atoms with Crippen molar-refractivity contribution in [2.75, 3.05) is 13.2 Å². The second-order valence-corrected chi connectivity index (χ2v) is 2.66. The fourth-order valence-corrected chi connectivity index (χ4v) is 1.22. The third-order valence-corrected chi connectivity index (χ3v) is 2.02. The molecule has 1 aliphatic rings. The molecule has 0 amide bonds. The Morgan fingerprint density at radius 1 is 1.50 bits per heavy atom. The van der Waals surface area contributed by atoms with Gasteiger partial charge in [0, 0.05) is 24.8 Å². The molecule has 0 saturated carbocycles. The minimum absolute atomic E-state index is 0.568. The van der Waals surface area contributed by atoms with Gasteiger partial charge in [-0.15, -0.1) is 0 Å². The molecular weight excluding hydrogens is 128 g/mol. The van der Waals surface area contributed by atoms with E-state index >= 15 is 0 Å². The molecule has 0 atom stereocenters. The Morgan fingerprint density at radius 2 is 2.10 bits per heavy atom. The molecule has 0 aromatic rings. The van der Waals surface area contributed by atoms with Crippen LogP contribution >= 0.6 is 0 Å². The van der Waals surface area contributed by atoms with E-state index in [1.165, 1.54) is 0 Å². The van der Waals surface area contributed by atoms with Gasteiger partial charge in [-0.1, -0.05) is 0 Å². The van der Waals surface area contributed by atoms with Crippen LogP contribution in [0.3, 0.4) is 0 Å². The van der Waals surface area contributed by atoms with Crippen molar-refractivity contribution in [3.8, 4) is 0 Å². The summed E-state index contributed by atoms with van der Waals surface area (Å²) < 4.78 is 5.20. The zero-order chi connectivity index (χ0) is 7.40. The topological polar surface area (TPSA) is 47.6 Å². The number of nitrogens with zero attached hydrogens (tertiary/aromatic N) is 1. The van der Waals surface area contributed by atoms with Gasteiger partial charge in [0.2, 0.25) is 0 Å². The Bertz CT molecular complexity index is 128. The van der Waals surface area contributed by atoms with Crippen molar-refractivity contribution in [2.45, 2.75) is 19.8 Å². The van der Waals surface area contributed by atoms with E-state index < -0.39 is 0 Å². The second kappa shape index (κ2) is 3.56. The summed E-state index contributed by atoms with van der Waals surface area (Å²) in [6.45, 7) is 3.70. The molecule has 10 heavy (non-hydrogen) atoms. The van der Waals surface area contributed by atoms with Crippen LogP contribution in [0.25, 0.3) is 0 Å². The van der Waals surface area contributed by atoms with Crippen molar-refractivity contribution >= 4 is 5.71 Å². The highest BCUT2D eigenvalue weighted by molar-refractivity contribution is 5.84. The van der Waals surface area contributed by atoms with Crippen LogP contribution in [-0.2, 0) is 4.74 Å². The first-order valence-corrected chi connectivity index (χ1v) is 3.66. The zero-order valence-electron chi connectivity index (χ0n) is 6.34. The van der Waals surface area contributed by atoms with E-state index in [1.54, 1.807) is 0 Å². The van der Waals surface area contributed by atoms with Gasteiger partial charge < -0.3 is 10.6 Å². The average molecular weight is 142 g/mol. The predicted octanol–water partition coefficient (Wildman–Crippen LogP) is 0.748. The molecule has 0 bridgehead atoms. The number of ether oxygens (including phenoxy) is 1. The summed E-state index contributed by atoms with van der Waals surface area (Å²) in [6, 6.07) is 0. The summed E-state index contributed by atoms with van der Waals surface area (Å²) in [4.78, 5) is 0. The smallest absolute Gasteiger partial charge is 0.0472 e. The highest BCUT2D eigenvalue weighted by Crippen LogP contribution is 2.15. The van der Waals surface area contributed by atoms with Gasteiger partial charge in [0.05, 0.1) is 0 Å². The van der Waals surface area contributed by atoms with Gasteiger partial charge in [-0.2, -0.15) is 5.10 Å². The molecule has 3 nitrogen and oxygen atoms in total. The molecule has 58 valence electrons. The first-order valence-electron chi connectivity index (χ1n) is 3.66. The standard InChI is InChI=1S/C7H14N2O/c1-6(9-8)7-2-4-10-5-3-7/h7H,2-5,8H2,1H3/b9-6+. The molecule has 0 spiro atoms. The van der Waals surface area contributed by atoms with Crippen LogP contribution in [0.1, 0.15) is 19.8 Å². The lowest BCUT2D eigenvalue weighted by Crippen LogP contribution is -2.22. The van der Waals surface area contributed by atoms with Gasteiger partial charge in [0.1, 0.15) is 0 Å². The molecule has 1 fully saturated rings. The summed E-state index contributed by atoms with van der Waals surface area (Å²) in [5.74, 6) is 5.72. The maximum atomic E-state index is 5.20. The molecule has 1 aliphatic heterocycles. The van der Waals surface area contributed by atoms with E-state index in [4.69, 9.17) is 10.6 Å². The third kappa shape index (κ3) is 1.70.